The van der Waals surface area contributed by atoms with Crippen molar-refractivity contribution < 1.29 is 33.5 Å². The zero-order valence-corrected chi connectivity index (χ0v) is 19.0. The minimum absolute atomic E-state index is 0.0885. The highest BCUT2D eigenvalue weighted by Crippen LogP contribution is 2.35. The number of amides is 1. The molecule has 0 aromatic heterocycles. The van der Waals surface area contributed by atoms with E-state index in [1.54, 1.807) is 49.4 Å². The van der Waals surface area contributed by atoms with E-state index in [1.165, 1.54) is 19.2 Å². The van der Waals surface area contributed by atoms with Gasteiger partial charge < -0.3 is 19.5 Å². The molecule has 0 bridgehead atoms. The molecule has 0 spiro atoms. The number of carbonyl (C=O) groups excluding carboxylic acids is 3. The van der Waals surface area contributed by atoms with Crippen LogP contribution in [0.25, 0.3) is 0 Å². The molecule has 0 unspecified atom stereocenters. The number of nitrogens with zero attached hydrogens (tertiary/aromatic N) is 1. The fourth-order valence-electron chi connectivity index (χ4n) is 3.12. The lowest BCUT2D eigenvalue weighted by Gasteiger charge is -2.11. The summed E-state index contributed by atoms with van der Waals surface area (Å²) in [5.74, 6) is -1.66. The molecule has 0 saturated carbocycles. The summed E-state index contributed by atoms with van der Waals surface area (Å²) < 4.78 is 15.5. The second-order valence-electron chi connectivity index (χ2n) is 7.11. The average Bonchev–Trinajstić information content (AvgIpc) is 2.87. The molecule has 35 heavy (non-hydrogen) atoms. The third kappa shape index (κ3) is 6.20. The first-order valence-corrected chi connectivity index (χ1v) is 10.5. The zero-order valence-electron chi connectivity index (χ0n) is 19.0. The zero-order chi connectivity index (χ0) is 25.4. The van der Waals surface area contributed by atoms with Gasteiger partial charge in [0.2, 0.25) is 0 Å². The first-order valence-electron chi connectivity index (χ1n) is 10.5. The van der Waals surface area contributed by atoms with Crippen molar-refractivity contribution in [2.75, 3.05) is 25.6 Å². The van der Waals surface area contributed by atoms with Gasteiger partial charge in [-0.1, -0.05) is 18.2 Å². The second-order valence-corrected chi connectivity index (χ2v) is 7.11. The SMILES string of the molecule is CCOc1cc(C(=O)OCC(=O)c2ccc(NC(=O)c3ccccc3)cc2)c([N+](=O)[O-])cc1OC. The highest BCUT2D eigenvalue weighted by atomic mass is 16.6. The van der Waals surface area contributed by atoms with Gasteiger partial charge in [0, 0.05) is 22.9 Å². The standard InChI is InChI=1S/C25H22N2O8/c1-3-34-23-13-19(20(27(31)32)14-22(23)33-2)25(30)35-15-21(28)16-9-11-18(12-10-16)26-24(29)17-7-5-4-6-8-17/h4-14H,3,15H2,1-2H3,(H,26,29). The molecule has 3 rings (SSSR count). The van der Waals surface area contributed by atoms with E-state index in [9.17, 15) is 24.5 Å². The Morgan fingerprint density at radius 2 is 1.63 bits per heavy atom. The molecule has 0 aliphatic rings. The van der Waals surface area contributed by atoms with Crippen LogP contribution in [0.1, 0.15) is 38.0 Å². The van der Waals surface area contributed by atoms with Crippen molar-refractivity contribution in [1.29, 1.82) is 0 Å². The van der Waals surface area contributed by atoms with Gasteiger partial charge in [-0.25, -0.2) is 4.79 Å². The van der Waals surface area contributed by atoms with Crippen LogP contribution in [0, 0.1) is 10.1 Å². The molecule has 10 heteroatoms. The highest BCUT2D eigenvalue weighted by Gasteiger charge is 2.26. The molecule has 3 aromatic carbocycles. The number of anilines is 1. The number of rotatable bonds is 10. The van der Waals surface area contributed by atoms with Crippen LogP contribution in [0.5, 0.6) is 11.5 Å². The summed E-state index contributed by atoms with van der Waals surface area (Å²) in [6.07, 6.45) is 0. The minimum atomic E-state index is -1.06. The van der Waals surface area contributed by atoms with Gasteiger partial charge in [-0.3, -0.25) is 19.7 Å². The lowest BCUT2D eigenvalue weighted by Crippen LogP contribution is -2.16. The molecule has 10 nitrogen and oxygen atoms in total. The summed E-state index contributed by atoms with van der Waals surface area (Å²) in [6.45, 7) is 1.31. The number of nitro benzene ring substituents is 1. The summed E-state index contributed by atoms with van der Waals surface area (Å²) in [6, 6.07) is 16.9. The van der Waals surface area contributed by atoms with E-state index in [4.69, 9.17) is 14.2 Å². The van der Waals surface area contributed by atoms with Gasteiger partial charge in [-0.15, -0.1) is 0 Å². The number of benzene rings is 3. The van der Waals surface area contributed by atoms with E-state index in [0.29, 0.717) is 11.3 Å². The maximum atomic E-state index is 12.5. The Balaban J connectivity index is 1.67. The summed E-state index contributed by atoms with van der Waals surface area (Å²) in [5.41, 5.74) is 0.284. The third-order valence-corrected chi connectivity index (χ3v) is 4.83. The molecule has 1 N–H and O–H groups in total. The number of ether oxygens (including phenoxy) is 3. The number of carbonyl (C=O) groups is 3. The summed E-state index contributed by atoms with van der Waals surface area (Å²) >= 11 is 0. The number of methoxy groups -OCH3 is 1. The van der Waals surface area contributed by atoms with Crippen molar-refractivity contribution in [1.82, 2.24) is 0 Å². The average molecular weight is 478 g/mol. The number of ketones is 1. The number of hydrogen-bond donors (Lipinski definition) is 1. The maximum absolute atomic E-state index is 12.5. The Labute approximate surface area is 200 Å². The Hall–Kier alpha value is -4.73. The molecule has 0 radical (unpaired) electrons. The first kappa shape index (κ1) is 24.9. The summed E-state index contributed by atoms with van der Waals surface area (Å²) in [5, 5.41) is 14.1. The van der Waals surface area contributed by atoms with Crippen LogP contribution in [0.15, 0.2) is 66.7 Å². The van der Waals surface area contributed by atoms with E-state index in [1.807, 2.05) is 0 Å². The molecule has 1 amide bonds. The molecule has 0 aliphatic heterocycles. The Morgan fingerprint density at radius 1 is 0.943 bits per heavy atom. The van der Waals surface area contributed by atoms with Crippen molar-refractivity contribution >= 4 is 29.0 Å². The predicted octanol–water partition coefficient (Wildman–Crippen LogP) is 4.29. The van der Waals surface area contributed by atoms with Crippen LogP contribution in [0.3, 0.4) is 0 Å². The lowest BCUT2D eigenvalue weighted by atomic mass is 10.1. The van der Waals surface area contributed by atoms with E-state index >= 15 is 0 Å². The van der Waals surface area contributed by atoms with Crippen molar-refractivity contribution in [2.45, 2.75) is 6.92 Å². The second kappa shape index (κ2) is 11.4. The lowest BCUT2D eigenvalue weighted by molar-refractivity contribution is -0.385. The van der Waals surface area contributed by atoms with Crippen LogP contribution in [0.2, 0.25) is 0 Å². The fourth-order valence-corrected chi connectivity index (χ4v) is 3.12. The largest absolute Gasteiger partial charge is 0.493 e. The van der Waals surface area contributed by atoms with Crippen LogP contribution >= 0.6 is 0 Å². The van der Waals surface area contributed by atoms with Crippen molar-refractivity contribution in [3.05, 3.63) is 93.5 Å². The number of hydrogen-bond acceptors (Lipinski definition) is 8. The number of nitro groups is 1. The van der Waals surface area contributed by atoms with E-state index in [0.717, 1.165) is 12.1 Å². The van der Waals surface area contributed by atoms with Crippen molar-refractivity contribution in [3.8, 4) is 11.5 Å². The molecule has 0 saturated heterocycles. The molecule has 180 valence electrons. The van der Waals surface area contributed by atoms with Crippen LogP contribution in [-0.2, 0) is 4.74 Å². The van der Waals surface area contributed by atoms with Crippen molar-refractivity contribution in [3.63, 3.8) is 0 Å². The number of Topliss-reactive ketones (excluding diaryl/α,β-unsaturated/α-hetero) is 1. The van der Waals surface area contributed by atoms with Gasteiger partial charge in [-0.2, -0.15) is 0 Å². The predicted molar refractivity (Wildman–Crippen MR) is 126 cm³/mol. The Kier molecular flexibility index (Phi) is 8.12. The third-order valence-electron chi connectivity index (χ3n) is 4.83. The Bertz CT molecular complexity index is 1240. The topological polar surface area (TPSA) is 134 Å². The molecule has 0 heterocycles. The fraction of sp³-hybridized carbons (Fsp3) is 0.160. The van der Waals surface area contributed by atoms with Crippen LogP contribution < -0.4 is 14.8 Å². The van der Waals surface area contributed by atoms with Gasteiger partial charge in [-0.05, 0) is 43.3 Å². The Morgan fingerprint density at radius 3 is 2.23 bits per heavy atom. The molecule has 3 aromatic rings. The number of nitrogens with one attached hydrogen (secondary N) is 1. The van der Waals surface area contributed by atoms with Gasteiger partial charge in [0.05, 0.1) is 24.7 Å². The summed E-state index contributed by atoms with van der Waals surface area (Å²) in [4.78, 5) is 47.9. The molecule has 0 fully saturated rings. The van der Waals surface area contributed by atoms with Crippen LogP contribution in [-0.4, -0.2) is 42.9 Å². The smallest absolute Gasteiger partial charge is 0.345 e. The van der Waals surface area contributed by atoms with E-state index < -0.39 is 29.0 Å². The van der Waals surface area contributed by atoms with Gasteiger partial charge >= 0.3 is 5.97 Å². The molecular weight excluding hydrogens is 456 g/mol. The quantitative estimate of drug-likeness (QED) is 0.197. The highest BCUT2D eigenvalue weighted by molar-refractivity contribution is 6.05. The molecule has 0 atom stereocenters. The first-order chi connectivity index (χ1) is 16.8. The monoisotopic (exact) mass is 478 g/mol. The molecule has 0 aliphatic carbocycles. The number of esters is 1. The van der Waals surface area contributed by atoms with Crippen molar-refractivity contribution in [2.24, 2.45) is 0 Å². The van der Waals surface area contributed by atoms with Crippen LogP contribution in [0.4, 0.5) is 11.4 Å². The maximum Gasteiger partial charge on any atom is 0.345 e. The normalized spacial score (nSPS) is 10.2. The molecular formula is C25H22N2O8. The van der Waals surface area contributed by atoms with E-state index in [2.05, 4.69) is 5.32 Å². The van der Waals surface area contributed by atoms with Gasteiger partial charge in [0.15, 0.2) is 23.9 Å². The van der Waals surface area contributed by atoms with E-state index in [-0.39, 0.29) is 35.1 Å². The minimum Gasteiger partial charge on any atom is -0.493 e. The van der Waals surface area contributed by atoms with Gasteiger partial charge in [0.1, 0.15) is 5.56 Å². The summed E-state index contributed by atoms with van der Waals surface area (Å²) in [7, 11) is 1.32. The van der Waals surface area contributed by atoms with Gasteiger partial charge in [0.25, 0.3) is 11.6 Å².